The molecule has 0 saturated heterocycles. The highest BCUT2D eigenvalue weighted by Gasteiger charge is 2.24. The Bertz CT molecular complexity index is 1130. The molecule has 3 heterocycles. The maximum atomic E-state index is 14.4. The predicted molar refractivity (Wildman–Crippen MR) is 115 cm³/mol. The van der Waals surface area contributed by atoms with Crippen LogP contribution in [0.5, 0.6) is 0 Å². The summed E-state index contributed by atoms with van der Waals surface area (Å²) >= 11 is 0. The van der Waals surface area contributed by atoms with Crippen molar-refractivity contribution in [2.24, 2.45) is 0 Å². The minimum absolute atomic E-state index is 0.0383. The number of aryl methyl sites for hydroxylation is 1. The third kappa shape index (κ3) is 7.32. The van der Waals surface area contributed by atoms with Gasteiger partial charge in [0.25, 0.3) is 11.8 Å². The van der Waals surface area contributed by atoms with E-state index in [1.165, 1.54) is 36.1 Å². The van der Waals surface area contributed by atoms with Gasteiger partial charge < -0.3 is 10.6 Å². The maximum absolute atomic E-state index is 14.4. The van der Waals surface area contributed by atoms with Crippen molar-refractivity contribution in [3.05, 3.63) is 59.3 Å². The van der Waals surface area contributed by atoms with Gasteiger partial charge >= 0.3 is 0 Å². The van der Waals surface area contributed by atoms with Gasteiger partial charge in [-0.1, -0.05) is 5.21 Å². The number of carbonyl (C=O) groups is 2. The van der Waals surface area contributed by atoms with Crippen LogP contribution < -0.4 is 10.6 Å². The molecular formula is C21H23F3N8O2. The van der Waals surface area contributed by atoms with Gasteiger partial charge in [-0.05, 0) is 37.1 Å². The molecule has 13 heteroatoms. The molecule has 10 nitrogen and oxygen atoms in total. The van der Waals surface area contributed by atoms with E-state index in [0.29, 0.717) is 17.9 Å². The van der Waals surface area contributed by atoms with Crippen molar-refractivity contribution in [2.75, 3.05) is 5.32 Å². The van der Waals surface area contributed by atoms with Crippen molar-refractivity contribution < 1.29 is 22.8 Å². The van der Waals surface area contributed by atoms with Crippen LogP contribution >= 0.6 is 0 Å². The molecule has 0 aromatic carbocycles. The number of hydrogen-bond donors (Lipinski definition) is 2. The predicted octanol–water partition coefficient (Wildman–Crippen LogP) is 2.43. The number of alkyl halides is 3. The first kappa shape index (κ1) is 24.7. The molecule has 0 radical (unpaired) electrons. The molecule has 0 fully saturated rings. The number of aromatic nitrogens is 6. The number of nitrogens with zero attached hydrogens (tertiary/aromatic N) is 6. The SMILES string of the molecule is CC(=O)Nc1ccc(CCC(F)Cn2cc(C(=O)NCc3cc(C(C)(F)F)ccn3)nn2)nn1. The molecule has 3 aromatic heterocycles. The minimum Gasteiger partial charge on any atom is -0.345 e. The minimum atomic E-state index is -3.02. The first-order valence-electron chi connectivity index (χ1n) is 10.4. The summed E-state index contributed by atoms with van der Waals surface area (Å²) in [4.78, 5) is 27.2. The van der Waals surface area contributed by atoms with Crippen molar-refractivity contribution in [2.45, 2.75) is 51.9 Å². The van der Waals surface area contributed by atoms with E-state index in [-0.39, 0.29) is 42.4 Å². The normalized spacial score (nSPS) is 12.3. The van der Waals surface area contributed by atoms with E-state index in [1.807, 2.05) is 0 Å². The van der Waals surface area contributed by atoms with Gasteiger partial charge in [0.2, 0.25) is 5.91 Å². The van der Waals surface area contributed by atoms with Crippen molar-refractivity contribution in [3.63, 3.8) is 0 Å². The average Bonchev–Trinajstić information content (AvgIpc) is 3.25. The second-order valence-electron chi connectivity index (χ2n) is 7.66. The molecular weight excluding hydrogens is 453 g/mol. The number of halogens is 3. The molecule has 0 bridgehead atoms. The van der Waals surface area contributed by atoms with Crippen LogP contribution in [0.3, 0.4) is 0 Å². The zero-order valence-corrected chi connectivity index (χ0v) is 18.5. The lowest BCUT2D eigenvalue weighted by atomic mass is 10.1. The topological polar surface area (TPSA) is 128 Å². The summed E-state index contributed by atoms with van der Waals surface area (Å²) < 4.78 is 42.4. The van der Waals surface area contributed by atoms with Crippen LogP contribution in [0.2, 0.25) is 0 Å². The summed E-state index contributed by atoms with van der Waals surface area (Å²) in [6.07, 6.45) is 1.72. The summed E-state index contributed by atoms with van der Waals surface area (Å²) in [6.45, 7) is 1.93. The second kappa shape index (κ2) is 10.8. The van der Waals surface area contributed by atoms with Gasteiger partial charge in [0.15, 0.2) is 11.5 Å². The van der Waals surface area contributed by atoms with Crippen LogP contribution in [0.25, 0.3) is 0 Å². The highest BCUT2D eigenvalue weighted by molar-refractivity contribution is 5.91. The van der Waals surface area contributed by atoms with E-state index in [2.05, 4.69) is 36.1 Å². The Morgan fingerprint density at radius 3 is 2.62 bits per heavy atom. The van der Waals surface area contributed by atoms with Crippen LogP contribution in [-0.4, -0.2) is 48.2 Å². The van der Waals surface area contributed by atoms with Crippen LogP contribution in [-0.2, 0) is 30.2 Å². The lowest BCUT2D eigenvalue weighted by molar-refractivity contribution is -0.114. The Labute approximate surface area is 193 Å². The van der Waals surface area contributed by atoms with Gasteiger partial charge in [-0.15, -0.1) is 10.2 Å². The third-order valence-electron chi connectivity index (χ3n) is 4.65. The van der Waals surface area contributed by atoms with Gasteiger partial charge in [0.1, 0.15) is 6.17 Å². The van der Waals surface area contributed by atoms with Crippen molar-refractivity contribution in [3.8, 4) is 0 Å². The molecule has 1 unspecified atom stereocenters. The lowest BCUT2D eigenvalue weighted by Gasteiger charge is -2.11. The van der Waals surface area contributed by atoms with E-state index >= 15 is 0 Å². The highest BCUT2D eigenvalue weighted by Crippen LogP contribution is 2.26. The quantitative estimate of drug-likeness (QED) is 0.460. The van der Waals surface area contributed by atoms with Gasteiger partial charge in [-0.3, -0.25) is 14.6 Å². The number of amides is 2. The third-order valence-corrected chi connectivity index (χ3v) is 4.65. The second-order valence-corrected chi connectivity index (χ2v) is 7.66. The van der Waals surface area contributed by atoms with E-state index in [0.717, 1.165) is 6.92 Å². The van der Waals surface area contributed by atoms with Gasteiger partial charge in [-0.25, -0.2) is 17.9 Å². The molecule has 0 aliphatic heterocycles. The standard InChI is InChI=1S/C21H23F3N8O2/c1-13(33)27-19-6-5-16(28-30-19)4-3-15(22)11-32-12-18(29-31-32)20(34)26-10-17-9-14(7-8-25-17)21(2,23)24/h5-9,12,15H,3-4,10-11H2,1-2H3,(H,26,34)(H,27,30,33). The number of anilines is 1. The summed E-state index contributed by atoms with van der Waals surface area (Å²) in [5.74, 6) is -3.56. The molecule has 0 aliphatic carbocycles. The van der Waals surface area contributed by atoms with E-state index in [4.69, 9.17) is 0 Å². The molecule has 3 rings (SSSR count). The number of hydrogen-bond acceptors (Lipinski definition) is 7. The van der Waals surface area contributed by atoms with E-state index < -0.39 is 18.0 Å². The molecule has 0 aliphatic rings. The van der Waals surface area contributed by atoms with Crippen LogP contribution in [0, 0.1) is 0 Å². The summed E-state index contributed by atoms with van der Waals surface area (Å²) in [7, 11) is 0. The molecule has 1 atom stereocenters. The highest BCUT2D eigenvalue weighted by atomic mass is 19.3. The van der Waals surface area contributed by atoms with Gasteiger partial charge in [0.05, 0.1) is 30.7 Å². The monoisotopic (exact) mass is 476 g/mol. The largest absolute Gasteiger partial charge is 0.345 e. The number of rotatable bonds is 10. The Kier molecular flexibility index (Phi) is 7.87. The number of nitrogens with one attached hydrogen (secondary N) is 2. The zero-order chi connectivity index (χ0) is 24.7. The fourth-order valence-corrected chi connectivity index (χ4v) is 2.94. The summed E-state index contributed by atoms with van der Waals surface area (Å²) in [5.41, 5.74) is 0.579. The van der Waals surface area contributed by atoms with Crippen molar-refractivity contribution in [1.82, 2.24) is 35.5 Å². The number of pyridine rings is 1. The zero-order valence-electron chi connectivity index (χ0n) is 18.5. The lowest BCUT2D eigenvalue weighted by Crippen LogP contribution is -2.24. The Morgan fingerprint density at radius 2 is 1.94 bits per heavy atom. The maximum Gasteiger partial charge on any atom is 0.273 e. The summed E-state index contributed by atoms with van der Waals surface area (Å²) in [5, 5.41) is 20.3. The van der Waals surface area contributed by atoms with Gasteiger partial charge in [-0.2, -0.15) is 5.10 Å². The molecule has 3 aromatic rings. The van der Waals surface area contributed by atoms with Gasteiger partial charge in [0, 0.05) is 25.6 Å². The molecule has 0 saturated carbocycles. The Balaban J connectivity index is 1.47. The van der Waals surface area contributed by atoms with Crippen molar-refractivity contribution >= 4 is 17.6 Å². The molecule has 180 valence electrons. The van der Waals surface area contributed by atoms with E-state index in [1.54, 1.807) is 12.1 Å². The summed E-state index contributed by atoms with van der Waals surface area (Å²) in [6, 6.07) is 5.65. The molecule has 34 heavy (non-hydrogen) atoms. The molecule has 2 amide bonds. The average molecular weight is 476 g/mol. The van der Waals surface area contributed by atoms with Crippen molar-refractivity contribution in [1.29, 1.82) is 0 Å². The molecule has 0 spiro atoms. The Hall–Kier alpha value is -3.90. The number of carbonyl (C=O) groups excluding carboxylic acids is 2. The molecule has 2 N–H and O–H groups in total. The smallest absolute Gasteiger partial charge is 0.273 e. The fourth-order valence-electron chi connectivity index (χ4n) is 2.94. The van der Waals surface area contributed by atoms with Crippen LogP contribution in [0.1, 0.15) is 47.7 Å². The van der Waals surface area contributed by atoms with E-state index in [9.17, 15) is 22.8 Å². The Morgan fingerprint density at radius 1 is 1.15 bits per heavy atom. The van der Waals surface area contributed by atoms with Crippen LogP contribution in [0.15, 0.2) is 36.7 Å². The van der Waals surface area contributed by atoms with Crippen LogP contribution in [0.4, 0.5) is 19.0 Å². The fraction of sp³-hybridized carbons (Fsp3) is 0.381. The first-order valence-corrected chi connectivity index (χ1v) is 10.4. The first-order chi connectivity index (χ1) is 16.1.